The van der Waals surface area contributed by atoms with Gasteiger partial charge in [-0.3, -0.25) is 4.98 Å². The van der Waals surface area contributed by atoms with Crippen LogP contribution in [-0.4, -0.2) is 10.9 Å². The number of aromatic nitrogens is 1. The molecule has 0 bridgehead atoms. The first kappa shape index (κ1) is 8.54. The van der Waals surface area contributed by atoms with E-state index in [0.717, 1.165) is 6.42 Å². The van der Waals surface area contributed by atoms with Crippen molar-refractivity contribution in [1.82, 2.24) is 4.98 Å². The van der Waals surface area contributed by atoms with Gasteiger partial charge in [0.25, 0.3) is 0 Å². The Labute approximate surface area is 72.4 Å². The highest BCUT2D eigenvalue weighted by molar-refractivity contribution is 6.18. The van der Waals surface area contributed by atoms with E-state index in [9.17, 15) is 0 Å². The topological polar surface area (TPSA) is 12.9 Å². The van der Waals surface area contributed by atoms with Crippen molar-refractivity contribution in [2.45, 2.75) is 19.3 Å². The smallest absolute Gasteiger partial charge is 0.0292 e. The molecule has 0 aliphatic carbocycles. The van der Waals surface area contributed by atoms with Gasteiger partial charge in [-0.25, -0.2) is 0 Å². The lowest BCUT2D eigenvalue weighted by atomic mass is 10.0. The minimum Gasteiger partial charge on any atom is -0.265 e. The molecule has 0 radical (unpaired) electrons. The average Bonchev–Trinajstić information content (AvgIpc) is 2.09. The van der Waals surface area contributed by atoms with Crippen LogP contribution in [-0.2, 0) is 0 Å². The molecule has 1 unspecified atom stereocenters. The summed E-state index contributed by atoms with van der Waals surface area (Å²) in [5.74, 6) is 1.18. The van der Waals surface area contributed by atoms with E-state index in [1.807, 2.05) is 24.5 Å². The van der Waals surface area contributed by atoms with Crippen LogP contribution >= 0.6 is 11.6 Å². The molecule has 1 rings (SSSR count). The molecule has 1 aromatic rings. The zero-order valence-electron chi connectivity index (χ0n) is 6.63. The molecular weight excluding hydrogens is 158 g/mol. The molecule has 0 saturated heterocycles. The van der Waals surface area contributed by atoms with E-state index in [4.69, 9.17) is 11.6 Å². The van der Waals surface area contributed by atoms with Crippen LogP contribution in [0.15, 0.2) is 24.5 Å². The summed E-state index contributed by atoms with van der Waals surface area (Å²) in [6.07, 6.45) is 4.71. The fourth-order valence-corrected chi connectivity index (χ4v) is 1.47. The summed E-state index contributed by atoms with van der Waals surface area (Å²) in [5.41, 5.74) is 1.29. The first-order valence-electron chi connectivity index (χ1n) is 3.84. The van der Waals surface area contributed by atoms with E-state index in [1.165, 1.54) is 5.56 Å². The van der Waals surface area contributed by atoms with Crippen molar-refractivity contribution >= 4 is 11.6 Å². The molecule has 0 fully saturated rings. The van der Waals surface area contributed by atoms with E-state index in [2.05, 4.69) is 11.9 Å². The van der Waals surface area contributed by atoms with Gasteiger partial charge < -0.3 is 0 Å². The van der Waals surface area contributed by atoms with Crippen LogP contribution in [0.3, 0.4) is 0 Å². The molecular formula is C9H12ClN. The second-order valence-corrected chi connectivity index (χ2v) is 2.85. The number of pyridine rings is 1. The van der Waals surface area contributed by atoms with Crippen LogP contribution in [0.4, 0.5) is 0 Å². The molecule has 11 heavy (non-hydrogen) atoms. The lowest BCUT2D eigenvalue weighted by Crippen LogP contribution is -1.97. The number of nitrogens with zero attached hydrogens (tertiary/aromatic N) is 1. The largest absolute Gasteiger partial charge is 0.265 e. The van der Waals surface area contributed by atoms with Crippen molar-refractivity contribution < 1.29 is 0 Å². The number of rotatable bonds is 3. The lowest BCUT2D eigenvalue weighted by molar-refractivity contribution is 0.739. The van der Waals surface area contributed by atoms with Gasteiger partial charge in [0, 0.05) is 18.3 Å². The van der Waals surface area contributed by atoms with Gasteiger partial charge in [0.1, 0.15) is 0 Å². The van der Waals surface area contributed by atoms with Crippen molar-refractivity contribution in [3.05, 3.63) is 30.1 Å². The molecule has 0 amide bonds. The quantitative estimate of drug-likeness (QED) is 0.635. The van der Waals surface area contributed by atoms with Gasteiger partial charge in [-0.05, 0) is 30.0 Å². The molecule has 1 aromatic heterocycles. The summed E-state index contributed by atoms with van der Waals surface area (Å²) in [6, 6.07) is 4.05. The van der Waals surface area contributed by atoms with Crippen LogP contribution in [0.2, 0.25) is 0 Å². The molecule has 0 N–H and O–H groups in total. The summed E-state index contributed by atoms with van der Waals surface area (Å²) in [6.45, 7) is 2.15. The molecule has 0 spiro atoms. The van der Waals surface area contributed by atoms with Gasteiger partial charge in [-0.2, -0.15) is 0 Å². The van der Waals surface area contributed by atoms with Gasteiger partial charge in [0.15, 0.2) is 0 Å². The minimum absolute atomic E-state index is 0.486. The monoisotopic (exact) mass is 169 g/mol. The fourth-order valence-electron chi connectivity index (χ4n) is 1.07. The lowest BCUT2D eigenvalue weighted by Gasteiger charge is -2.09. The highest BCUT2D eigenvalue weighted by Gasteiger charge is 2.05. The second kappa shape index (κ2) is 4.35. The summed E-state index contributed by atoms with van der Waals surface area (Å²) in [4.78, 5) is 3.95. The van der Waals surface area contributed by atoms with Crippen LogP contribution in [0.5, 0.6) is 0 Å². The van der Waals surface area contributed by atoms with Crippen LogP contribution < -0.4 is 0 Å². The standard InChI is InChI=1S/C9H12ClN/c1-2-8(7-10)9-3-5-11-6-4-9/h3-6,8H,2,7H2,1H3. The first-order chi connectivity index (χ1) is 5.38. The Morgan fingerprint density at radius 3 is 2.55 bits per heavy atom. The zero-order valence-corrected chi connectivity index (χ0v) is 7.38. The van der Waals surface area contributed by atoms with E-state index in [0.29, 0.717) is 11.8 Å². The Morgan fingerprint density at radius 2 is 2.09 bits per heavy atom. The molecule has 0 aliphatic heterocycles. The number of hydrogen-bond donors (Lipinski definition) is 0. The number of halogens is 1. The number of alkyl halides is 1. The predicted octanol–water partition coefficient (Wildman–Crippen LogP) is 2.81. The predicted molar refractivity (Wildman–Crippen MR) is 48.0 cm³/mol. The van der Waals surface area contributed by atoms with Gasteiger partial charge in [-0.1, -0.05) is 6.92 Å². The first-order valence-corrected chi connectivity index (χ1v) is 4.37. The molecule has 60 valence electrons. The third-order valence-corrected chi connectivity index (χ3v) is 2.23. The third kappa shape index (κ3) is 2.19. The van der Waals surface area contributed by atoms with Crippen molar-refractivity contribution in [3.8, 4) is 0 Å². The van der Waals surface area contributed by atoms with Crippen LogP contribution in [0.1, 0.15) is 24.8 Å². The van der Waals surface area contributed by atoms with Crippen molar-refractivity contribution in [2.24, 2.45) is 0 Å². The van der Waals surface area contributed by atoms with Crippen LogP contribution in [0, 0.1) is 0 Å². The molecule has 0 aromatic carbocycles. The molecule has 2 heteroatoms. The fraction of sp³-hybridized carbons (Fsp3) is 0.444. The summed E-state index contributed by atoms with van der Waals surface area (Å²) in [7, 11) is 0. The minimum atomic E-state index is 0.486. The van der Waals surface area contributed by atoms with E-state index < -0.39 is 0 Å². The highest BCUT2D eigenvalue weighted by atomic mass is 35.5. The van der Waals surface area contributed by atoms with Gasteiger partial charge >= 0.3 is 0 Å². The maximum Gasteiger partial charge on any atom is 0.0292 e. The van der Waals surface area contributed by atoms with Crippen molar-refractivity contribution in [3.63, 3.8) is 0 Å². The van der Waals surface area contributed by atoms with E-state index >= 15 is 0 Å². The van der Waals surface area contributed by atoms with Gasteiger partial charge in [-0.15, -0.1) is 11.6 Å². The Kier molecular flexibility index (Phi) is 3.37. The van der Waals surface area contributed by atoms with Crippen LogP contribution in [0.25, 0.3) is 0 Å². The Hall–Kier alpha value is -0.560. The molecule has 1 atom stereocenters. The Morgan fingerprint density at radius 1 is 1.45 bits per heavy atom. The third-order valence-electron chi connectivity index (χ3n) is 1.86. The molecule has 1 heterocycles. The van der Waals surface area contributed by atoms with Gasteiger partial charge in [0.05, 0.1) is 0 Å². The van der Waals surface area contributed by atoms with Crippen molar-refractivity contribution in [1.29, 1.82) is 0 Å². The van der Waals surface area contributed by atoms with E-state index in [1.54, 1.807) is 0 Å². The maximum absolute atomic E-state index is 5.78. The summed E-state index contributed by atoms with van der Waals surface area (Å²) < 4.78 is 0. The Bertz CT molecular complexity index is 194. The summed E-state index contributed by atoms with van der Waals surface area (Å²) in [5, 5.41) is 0. The van der Waals surface area contributed by atoms with Crippen molar-refractivity contribution in [2.75, 3.05) is 5.88 Å². The highest BCUT2D eigenvalue weighted by Crippen LogP contribution is 2.19. The molecule has 0 saturated carbocycles. The molecule has 1 nitrogen and oxygen atoms in total. The SMILES string of the molecule is CCC(CCl)c1ccncc1. The Balaban J connectivity index is 2.74. The van der Waals surface area contributed by atoms with E-state index in [-0.39, 0.29) is 0 Å². The average molecular weight is 170 g/mol. The normalized spacial score (nSPS) is 12.9. The summed E-state index contributed by atoms with van der Waals surface area (Å²) >= 11 is 5.78. The maximum atomic E-state index is 5.78. The second-order valence-electron chi connectivity index (χ2n) is 2.54. The molecule has 0 aliphatic rings. The zero-order chi connectivity index (χ0) is 8.10. The number of hydrogen-bond acceptors (Lipinski definition) is 1. The van der Waals surface area contributed by atoms with Gasteiger partial charge in [0.2, 0.25) is 0 Å².